The Bertz CT molecular complexity index is 1080. The minimum atomic E-state index is -4.34. The van der Waals surface area contributed by atoms with Gasteiger partial charge in [0, 0.05) is 24.3 Å². The molecule has 1 saturated carbocycles. The lowest BCUT2D eigenvalue weighted by molar-refractivity contribution is -0.137. The number of benzene rings is 2. The van der Waals surface area contributed by atoms with Crippen molar-refractivity contribution in [3.63, 3.8) is 0 Å². The highest BCUT2D eigenvalue weighted by Gasteiger charge is 2.33. The summed E-state index contributed by atoms with van der Waals surface area (Å²) in [4.78, 5) is 9.15. The van der Waals surface area contributed by atoms with Crippen molar-refractivity contribution < 1.29 is 17.9 Å². The smallest absolute Gasteiger partial charge is 0.416 e. The van der Waals surface area contributed by atoms with Crippen LogP contribution >= 0.6 is 11.6 Å². The number of allylic oxidation sites excluding steroid dienone is 1. The summed E-state index contributed by atoms with van der Waals surface area (Å²) in [6.45, 7) is 9.06. The number of alkyl halides is 3. The normalized spacial score (nSPS) is 22.6. The number of likely N-dealkylation sites (N-methyl/N-ethyl adjacent to an activating group) is 1. The molecular weight excluding hydrogens is 475 g/mol. The van der Waals surface area contributed by atoms with Gasteiger partial charge in [0.25, 0.3) is 0 Å². The third-order valence-electron chi connectivity index (χ3n) is 6.92. The van der Waals surface area contributed by atoms with Gasteiger partial charge < -0.3 is 9.64 Å². The van der Waals surface area contributed by atoms with Gasteiger partial charge in [-0.2, -0.15) is 13.2 Å². The third kappa shape index (κ3) is 5.84. The van der Waals surface area contributed by atoms with Gasteiger partial charge >= 0.3 is 6.18 Å². The van der Waals surface area contributed by atoms with E-state index >= 15 is 0 Å². The third-order valence-corrected chi connectivity index (χ3v) is 7.16. The summed E-state index contributed by atoms with van der Waals surface area (Å²) in [6.07, 6.45) is -0.975. The quantitative estimate of drug-likeness (QED) is 0.431. The van der Waals surface area contributed by atoms with E-state index in [1.54, 1.807) is 0 Å². The largest absolute Gasteiger partial charge is 0.490 e. The molecular formula is C27H31ClF3N3O. The van der Waals surface area contributed by atoms with Crippen LogP contribution in [0.15, 0.2) is 59.7 Å². The molecule has 0 bridgehead atoms. The summed E-state index contributed by atoms with van der Waals surface area (Å²) < 4.78 is 44.4. The van der Waals surface area contributed by atoms with Crippen molar-refractivity contribution in [2.45, 2.75) is 51.4 Å². The molecule has 1 aliphatic carbocycles. The molecule has 2 aliphatic rings. The minimum Gasteiger partial charge on any atom is -0.490 e. The Morgan fingerprint density at radius 2 is 1.77 bits per heavy atom. The van der Waals surface area contributed by atoms with Crippen molar-refractivity contribution in [1.29, 1.82) is 0 Å². The van der Waals surface area contributed by atoms with E-state index in [1.165, 1.54) is 12.1 Å². The Kier molecular flexibility index (Phi) is 7.77. The number of hydrogen-bond donors (Lipinski definition) is 0. The Morgan fingerprint density at radius 3 is 2.37 bits per heavy atom. The van der Waals surface area contributed by atoms with Crippen LogP contribution in [0.2, 0.25) is 5.02 Å². The van der Waals surface area contributed by atoms with Gasteiger partial charge in [-0.3, -0.25) is 9.89 Å². The van der Waals surface area contributed by atoms with Crippen molar-refractivity contribution in [3.05, 3.63) is 70.9 Å². The molecule has 0 N–H and O–H groups in total. The number of aliphatic imine (C=N–C) groups is 1. The summed E-state index contributed by atoms with van der Waals surface area (Å²) in [5.74, 6) is 1.69. The van der Waals surface area contributed by atoms with Gasteiger partial charge in [-0.05, 0) is 86.2 Å². The number of anilines is 1. The Morgan fingerprint density at radius 1 is 1.09 bits per heavy atom. The molecule has 4 nitrogen and oxygen atoms in total. The fourth-order valence-corrected chi connectivity index (χ4v) is 5.13. The molecule has 35 heavy (non-hydrogen) atoms. The maximum absolute atomic E-state index is 12.8. The van der Waals surface area contributed by atoms with Crippen LogP contribution in [-0.4, -0.2) is 37.0 Å². The van der Waals surface area contributed by atoms with E-state index in [9.17, 15) is 13.2 Å². The van der Waals surface area contributed by atoms with Crippen LogP contribution in [0.25, 0.3) is 0 Å². The molecule has 0 atom stereocenters. The first-order chi connectivity index (χ1) is 16.7. The van der Waals surface area contributed by atoms with Gasteiger partial charge in [0.1, 0.15) is 11.6 Å². The van der Waals surface area contributed by atoms with E-state index in [2.05, 4.69) is 28.3 Å². The van der Waals surface area contributed by atoms with Crippen molar-refractivity contribution >= 4 is 23.1 Å². The highest BCUT2D eigenvalue weighted by atomic mass is 35.5. The highest BCUT2D eigenvalue weighted by Crippen LogP contribution is 2.38. The number of fused-ring (bicyclic) bond motifs is 1. The molecule has 1 aliphatic heterocycles. The summed E-state index contributed by atoms with van der Waals surface area (Å²) >= 11 is 6.32. The van der Waals surface area contributed by atoms with Gasteiger partial charge in [-0.15, -0.1) is 0 Å². The number of rotatable bonds is 5. The van der Waals surface area contributed by atoms with Crippen molar-refractivity contribution in [2.75, 3.05) is 25.0 Å². The van der Waals surface area contributed by atoms with E-state index in [0.29, 0.717) is 10.8 Å². The summed E-state index contributed by atoms with van der Waals surface area (Å²) in [6, 6.07) is 10.9. The second-order valence-electron chi connectivity index (χ2n) is 9.16. The van der Waals surface area contributed by atoms with Crippen LogP contribution in [0.3, 0.4) is 0 Å². The number of ether oxygens (including phenoxy) is 1. The number of hydrogen-bond acceptors (Lipinski definition) is 3. The molecule has 1 heterocycles. The average molecular weight is 506 g/mol. The minimum absolute atomic E-state index is 0.0269. The fourth-order valence-electron chi connectivity index (χ4n) is 4.93. The molecule has 2 aromatic rings. The van der Waals surface area contributed by atoms with Crippen LogP contribution in [0.5, 0.6) is 5.75 Å². The van der Waals surface area contributed by atoms with Crippen LogP contribution in [0, 0.1) is 5.92 Å². The highest BCUT2D eigenvalue weighted by molar-refractivity contribution is 6.30. The first kappa shape index (κ1) is 25.6. The lowest BCUT2D eigenvalue weighted by atomic mass is 9.84. The first-order valence-electron chi connectivity index (χ1n) is 12.0. The zero-order chi connectivity index (χ0) is 25.2. The molecule has 0 aromatic heterocycles. The maximum atomic E-state index is 12.8. The molecule has 4 rings (SSSR count). The lowest BCUT2D eigenvalue weighted by Crippen LogP contribution is -2.39. The fraction of sp³-hybridized carbons (Fsp3) is 0.444. The van der Waals surface area contributed by atoms with Crippen LogP contribution in [0.1, 0.15) is 43.7 Å². The van der Waals surface area contributed by atoms with E-state index in [0.717, 1.165) is 80.2 Å². The van der Waals surface area contributed by atoms with E-state index < -0.39 is 11.7 Å². The molecule has 8 heteroatoms. The zero-order valence-corrected chi connectivity index (χ0v) is 20.9. The van der Waals surface area contributed by atoms with E-state index in [4.69, 9.17) is 16.3 Å². The molecule has 0 unspecified atom stereocenters. The molecule has 1 fully saturated rings. The van der Waals surface area contributed by atoms with Gasteiger partial charge in [0.05, 0.1) is 23.9 Å². The average Bonchev–Trinajstić information content (AvgIpc) is 2.99. The second kappa shape index (κ2) is 10.6. The molecule has 0 amide bonds. The van der Waals surface area contributed by atoms with Crippen LogP contribution < -0.4 is 9.64 Å². The molecule has 0 radical (unpaired) electrons. The van der Waals surface area contributed by atoms with E-state index in [1.807, 2.05) is 25.2 Å². The number of halogens is 4. The second-order valence-corrected chi connectivity index (χ2v) is 9.59. The molecule has 2 aromatic carbocycles. The van der Waals surface area contributed by atoms with E-state index in [-0.39, 0.29) is 12.0 Å². The zero-order valence-electron chi connectivity index (χ0n) is 20.1. The Balaban J connectivity index is 1.45. The van der Waals surface area contributed by atoms with Gasteiger partial charge in [-0.25, -0.2) is 0 Å². The van der Waals surface area contributed by atoms with Crippen LogP contribution in [-0.2, 0) is 12.7 Å². The molecule has 0 spiro atoms. The Hall–Kier alpha value is -2.51. The van der Waals surface area contributed by atoms with Crippen LogP contribution in [0.4, 0.5) is 18.9 Å². The predicted octanol–water partition coefficient (Wildman–Crippen LogP) is 7.18. The topological polar surface area (TPSA) is 28.1 Å². The number of amidine groups is 1. The maximum Gasteiger partial charge on any atom is 0.416 e. The summed E-state index contributed by atoms with van der Waals surface area (Å²) in [7, 11) is 1.82. The monoisotopic (exact) mass is 505 g/mol. The summed E-state index contributed by atoms with van der Waals surface area (Å²) in [5.41, 5.74) is 2.57. The van der Waals surface area contributed by atoms with Gasteiger partial charge in [-0.1, -0.05) is 25.1 Å². The standard InChI is InChI=1S/C27H31ClF3N3O/c1-4-33-16-20-15-22(28)9-14-25(20)34(26(17-33)32-3)18(2)19-5-10-23(11-6-19)35-24-12-7-21(8-13-24)27(29,30)31/h7-9,12-15,19,23H,2,4-6,10-11,16-17H2,1,3H3. The van der Waals surface area contributed by atoms with Crippen molar-refractivity contribution in [1.82, 2.24) is 4.90 Å². The molecule has 0 saturated heterocycles. The number of nitrogens with zero attached hydrogens (tertiary/aromatic N) is 3. The van der Waals surface area contributed by atoms with Gasteiger partial charge in [0.2, 0.25) is 0 Å². The van der Waals surface area contributed by atoms with Gasteiger partial charge in [0.15, 0.2) is 0 Å². The summed E-state index contributed by atoms with van der Waals surface area (Å²) in [5, 5.41) is 0.711. The van der Waals surface area contributed by atoms with Crippen molar-refractivity contribution in [3.8, 4) is 5.75 Å². The SMILES string of the molecule is C=C(C1CCC(Oc2ccc(C(F)(F)F)cc2)CC1)N1C(=NC)CN(CC)Cc2cc(Cl)ccc21. The Labute approximate surface area is 210 Å². The van der Waals surface area contributed by atoms with Crippen molar-refractivity contribution in [2.24, 2.45) is 10.9 Å². The predicted molar refractivity (Wildman–Crippen MR) is 135 cm³/mol. The lowest BCUT2D eigenvalue weighted by Gasteiger charge is -2.36. The molecule has 188 valence electrons. The first-order valence-corrected chi connectivity index (χ1v) is 12.4.